The Morgan fingerprint density at radius 3 is 2.90 bits per heavy atom. The summed E-state index contributed by atoms with van der Waals surface area (Å²) in [6, 6.07) is 5.18. The van der Waals surface area contributed by atoms with Crippen LogP contribution in [0.4, 0.5) is 11.4 Å². The Bertz CT molecular complexity index is 627. The average molecular weight is 306 g/mol. The predicted molar refractivity (Wildman–Crippen MR) is 84.6 cm³/mol. The van der Waals surface area contributed by atoms with Crippen LogP contribution in [0.3, 0.4) is 0 Å². The topological polar surface area (TPSA) is 73.0 Å². The van der Waals surface area contributed by atoms with Crippen molar-refractivity contribution in [2.24, 2.45) is 7.05 Å². The van der Waals surface area contributed by atoms with E-state index >= 15 is 0 Å². The average Bonchev–Trinajstić information content (AvgIpc) is 2.88. The zero-order chi connectivity index (χ0) is 15.2. The minimum atomic E-state index is -0.340. The van der Waals surface area contributed by atoms with Gasteiger partial charge in [-0.1, -0.05) is 30.8 Å². The number of thioether (sulfide) groups is 1. The van der Waals surface area contributed by atoms with Gasteiger partial charge in [0, 0.05) is 37.8 Å². The van der Waals surface area contributed by atoms with Crippen molar-refractivity contribution in [1.82, 2.24) is 9.55 Å². The minimum Gasteiger partial charge on any atom is -0.379 e. The molecule has 112 valence electrons. The number of aromatic nitrogens is 2. The molecule has 0 aliphatic heterocycles. The fourth-order valence-corrected chi connectivity index (χ4v) is 2.87. The predicted octanol–water partition coefficient (Wildman–Crippen LogP) is 3.44. The second kappa shape index (κ2) is 7.12. The van der Waals surface area contributed by atoms with Crippen LogP contribution in [0.1, 0.15) is 18.9 Å². The lowest BCUT2D eigenvalue weighted by Crippen LogP contribution is -2.06. The van der Waals surface area contributed by atoms with Crippen molar-refractivity contribution >= 4 is 23.1 Å². The van der Waals surface area contributed by atoms with E-state index in [4.69, 9.17) is 0 Å². The van der Waals surface area contributed by atoms with E-state index in [0.29, 0.717) is 18.0 Å². The van der Waals surface area contributed by atoms with Gasteiger partial charge < -0.3 is 9.88 Å². The summed E-state index contributed by atoms with van der Waals surface area (Å²) in [4.78, 5) is 15.1. The summed E-state index contributed by atoms with van der Waals surface area (Å²) in [5, 5.41) is 15.2. The van der Waals surface area contributed by atoms with E-state index in [1.807, 2.05) is 30.8 Å². The fraction of sp³-hybridized carbons (Fsp3) is 0.357. The van der Waals surface area contributed by atoms with Gasteiger partial charge in [0.25, 0.3) is 5.69 Å². The highest BCUT2D eigenvalue weighted by atomic mass is 32.2. The number of hydrogen-bond acceptors (Lipinski definition) is 5. The number of para-hydroxylation sites is 1. The molecule has 0 aliphatic rings. The number of nitro benzene ring substituents is 1. The molecule has 0 saturated heterocycles. The maximum Gasteiger partial charge on any atom is 0.292 e. The highest BCUT2D eigenvalue weighted by Gasteiger charge is 2.17. The maximum atomic E-state index is 11.2. The molecule has 0 spiro atoms. The van der Waals surface area contributed by atoms with Crippen LogP contribution >= 0.6 is 11.8 Å². The molecule has 1 N–H and O–H groups in total. The van der Waals surface area contributed by atoms with Crippen LogP contribution in [-0.2, 0) is 12.8 Å². The van der Waals surface area contributed by atoms with Crippen molar-refractivity contribution in [2.75, 3.05) is 11.9 Å². The number of aryl methyl sites for hydroxylation is 1. The zero-order valence-corrected chi connectivity index (χ0v) is 12.9. The first-order valence-electron chi connectivity index (χ1n) is 6.73. The molecule has 0 radical (unpaired) electrons. The highest BCUT2D eigenvalue weighted by Crippen LogP contribution is 2.32. The molecule has 1 heterocycles. The molecule has 0 aliphatic carbocycles. The summed E-state index contributed by atoms with van der Waals surface area (Å²) in [5.41, 5.74) is 1.66. The largest absolute Gasteiger partial charge is 0.379 e. The van der Waals surface area contributed by atoms with Gasteiger partial charge in [0.05, 0.1) is 4.92 Å². The number of nitrogens with zero attached hydrogens (tertiary/aromatic N) is 3. The number of hydrogen-bond donors (Lipinski definition) is 1. The van der Waals surface area contributed by atoms with Crippen molar-refractivity contribution in [1.29, 1.82) is 0 Å². The number of imidazole rings is 1. The Balaban J connectivity index is 2.23. The summed E-state index contributed by atoms with van der Waals surface area (Å²) in [6.45, 7) is 2.75. The normalized spacial score (nSPS) is 10.6. The van der Waals surface area contributed by atoms with Crippen LogP contribution in [0.5, 0.6) is 0 Å². The van der Waals surface area contributed by atoms with Crippen molar-refractivity contribution in [3.63, 3.8) is 0 Å². The van der Waals surface area contributed by atoms with Crippen LogP contribution < -0.4 is 5.32 Å². The van der Waals surface area contributed by atoms with Gasteiger partial charge in [-0.25, -0.2) is 4.98 Å². The van der Waals surface area contributed by atoms with Crippen molar-refractivity contribution < 1.29 is 4.92 Å². The van der Waals surface area contributed by atoms with Crippen LogP contribution in [0.15, 0.2) is 35.7 Å². The Morgan fingerprint density at radius 1 is 1.48 bits per heavy atom. The second-order valence-electron chi connectivity index (χ2n) is 4.60. The molecule has 0 fully saturated rings. The van der Waals surface area contributed by atoms with E-state index in [1.54, 1.807) is 24.0 Å². The number of nitrogens with one attached hydrogen (secondary N) is 1. The molecule has 6 nitrogen and oxygen atoms in total. The molecule has 0 bridgehead atoms. The highest BCUT2D eigenvalue weighted by molar-refractivity contribution is 7.98. The van der Waals surface area contributed by atoms with Gasteiger partial charge in [-0.15, -0.1) is 0 Å². The Morgan fingerprint density at radius 2 is 2.29 bits per heavy atom. The van der Waals surface area contributed by atoms with Gasteiger partial charge in [-0.2, -0.15) is 0 Å². The Kier molecular flexibility index (Phi) is 5.21. The first kappa shape index (κ1) is 15.4. The summed E-state index contributed by atoms with van der Waals surface area (Å²) < 4.78 is 1.93. The Hall–Kier alpha value is -2.02. The molecule has 2 rings (SSSR count). The SMILES string of the molecule is CCCNc1c(CSc2nccn2C)cccc1[N+](=O)[O-]. The maximum absolute atomic E-state index is 11.2. The quantitative estimate of drug-likeness (QED) is 0.482. The first-order valence-corrected chi connectivity index (χ1v) is 7.72. The fourth-order valence-electron chi connectivity index (χ4n) is 1.95. The Labute approximate surface area is 127 Å². The lowest BCUT2D eigenvalue weighted by atomic mass is 10.1. The van der Waals surface area contributed by atoms with Gasteiger partial charge >= 0.3 is 0 Å². The molecule has 0 saturated carbocycles. The van der Waals surface area contributed by atoms with Crippen molar-refractivity contribution in [3.8, 4) is 0 Å². The third-order valence-electron chi connectivity index (χ3n) is 3.01. The van der Waals surface area contributed by atoms with E-state index in [0.717, 1.165) is 17.1 Å². The van der Waals surface area contributed by atoms with E-state index in [9.17, 15) is 10.1 Å². The van der Waals surface area contributed by atoms with Crippen molar-refractivity contribution in [3.05, 3.63) is 46.3 Å². The molecule has 0 atom stereocenters. The monoisotopic (exact) mass is 306 g/mol. The van der Waals surface area contributed by atoms with E-state index in [1.165, 1.54) is 6.07 Å². The van der Waals surface area contributed by atoms with Gasteiger partial charge in [-0.3, -0.25) is 10.1 Å². The third-order valence-corrected chi connectivity index (χ3v) is 4.12. The van der Waals surface area contributed by atoms with Crippen LogP contribution in [0.2, 0.25) is 0 Å². The molecule has 1 aromatic carbocycles. The molecule has 7 heteroatoms. The van der Waals surface area contributed by atoms with Crippen LogP contribution in [0, 0.1) is 10.1 Å². The standard InChI is InChI=1S/C14H18N4O2S/c1-3-7-15-13-11(5-4-6-12(13)18(19)20)10-21-14-16-8-9-17(14)2/h4-6,8-9,15H,3,7,10H2,1-2H3. The van der Waals surface area contributed by atoms with Gasteiger partial charge in [0.15, 0.2) is 5.16 Å². The molecule has 0 amide bonds. The summed E-state index contributed by atoms with van der Waals surface area (Å²) >= 11 is 1.56. The van der Waals surface area contributed by atoms with Gasteiger partial charge in [0.2, 0.25) is 0 Å². The number of anilines is 1. The summed E-state index contributed by atoms with van der Waals surface area (Å²) in [5.74, 6) is 0.637. The van der Waals surface area contributed by atoms with E-state index in [-0.39, 0.29) is 10.6 Å². The first-order chi connectivity index (χ1) is 10.1. The van der Waals surface area contributed by atoms with Crippen LogP contribution in [-0.4, -0.2) is 21.0 Å². The smallest absolute Gasteiger partial charge is 0.292 e. The van der Waals surface area contributed by atoms with E-state index < -0.39 is 0 Å². The number of rotatable bonds is 7. The summed E-state index contributed by atoms with van der Waals surface area (Å²) in [7, 11) is 1.93. The van der Waals surface area contributed by atoms with Gasteiger partial charge in [-0.05, 0) is 12.0 Å². The summed E-state index contributed by atoms with van der Waals surface area (Å²) in [6.07, 6.45) is 4.54. The van der Waals surface area contributed by atoms with Crippen molar-refractivity contribution in [2.45, 2.75) is 24.3 Å². The third kappa shape index (κ3) is 3.75. The molecule has 0 unspecified atom stereocenters. The second-order valence-corrected chi connectivity index (χ2v) is 5.55. The van der Waals surface area contributed by atoms with E-state index in [2.05, 4.69) is 10.3 Å². The lowest BCUT2D eigenvalue weighted by molar-refractivity contribution is -0.384. The lowest BCUT2D eigenvalue weighted by Gasteiger charge is -2.11. The minimum absolute atomic E-state index is 0.126. The molecular weight excluding hydrogens is 288 g/mol. The molecule has 1 aromatic heterocycles. The number of nitro groups is 1. The molecule has 2 aromatic rings. The molecule has 21 heavy (non-hydrogen) atoms. The molecular formula is C14H18N4O2S. The number of benzene rings is 1. The van der Waals surface area contributed by atoms with Crippen LogP contribution in [0.25, 0.3) is 0 Å². The zero-order valence-electron chi connectivity index (χ0n) is 12.1. The van der Waals surface area contributed by atoms with Gasteiger partial charge in [0.1, 0.15) is 5.69 Å².